The van der Waals surface area contributed by atoms with E-state index in [-0.39, 0.29) is 0 Å². The number of pyridine rings is 1. The normalized spacial score (nSPS) is 18.8. The monoisotopic (exact) mass is 436 g/mol. The third kappa shape index (κ3) is 4.04. The van der Waals surface area contributed by atoms with Crippen LogP contribution >= 0.6 is 0 Å². The van der Waals surface area contributed by atoms with E-state index in [0.717, 1.165) is 42.9 Å². The molecule has 0 spiro atoms. The van der Waals surface area contributed by atoms with E-state index in [9.17, 15) is 0 Å². The summed E-state index contributed by atoms with van der Waals surface area (Å²) in [7, 11) is 3.83. The first-order chi connectivity index (χ1) is 15.6. The van der Waals surface area contributed by atoms with E-state index in [2.05, 4.69) is 39.4 Å². The Morgan fingerprint density at radius 1 is 1.12 bits per heavy atom. The lowest BCUT2D eigenvalue weighted by Gasteiger charge is -2.32. The predicted octanol–water partition coefficient (Wildman–Crippen LogP) is 3.16. The van der Waals surface area contributed by atoms with Gasteiger partial charge in [-0.05, 0) is 58.3 Å². The fourth-order valence-corrected chi connectivity index (χ4v) is 4.92. The van der Waals surface area contributed by atoms with E-state index < -0.39 is 0 Å². The molecule has 0 saturated carbocycles. The van der Waals surface area contributed by atoms with Gasteiger partial charge in [-0.2, -0.15) is 10.2 Å². The zero-order chi connectivity index (χ0) is 22.1. The minimum absolute atomic E-state index is 0.375. The maximum Gasteiger partial charge on any atom is 0.212 e. The molecule has 170 valence electrons. The van der Waals surface area contributed by atoms with Crippen LogP contribution in [0.3, 0.4) is 0 Å². The molecule has 2 aliphatic rings. The molecule has 5 heterocycles. The molecule has 0 amide bonds. The summed E-state index contributed by atoms with van der Waals surface area (Å²) in [6.45, 7) is 6.03. The quantitative estimate of drug-likeness (QED) is 0.612. The van der Waals surface area contributed by atoms with Crippen molar-refractivity contribution < 1.29 is 9.47 Å². The Kier molecular flexibility index (Phi) is 5.97. The number of nitrogens with zero attached hydrogens (tertiary/aromatic N) is 6. The van der Waals surface area contributed by atoms with E-state index in [1.165, 1.54) is 24.1 Å². The van der Waals surface area contributed by atoms with E-state index in [1.54, 1.807) is 7.11 Å². The van der Waals surface area contributed by atoms with Crippen LogP contribution in [0.15, 0.2) is 30.7 Å². The van der Waals surface area contributed by atoms with Crippen LogP contribution in [0, 0.1) is 5.92 Å². The third-order valence-electron chi connectivity index (χ3n) is 6.98. The molecule has 1 saturated heterocycles. The minimum Gasteiger partial charge on any atom is -0.481 e. The Morgan fingerprint density at radius 2 is 1.94 bits per heavy atom. The lowest BCUT2D eigenvalue weighted by Crippen LogP contribution is -2.33. The van der Waals surface area contributed by atoms with Crippen molar-refractivity contribution in [3.8, 4) is 22.8 Å². The third-order valence-corrected chi connectivity index (χ3v) is 6.98. The Morgan fingerprint density at radius 3 is 2.69 bits per heavy atom. The van der Waals surface area contributed by atoms with E-state index in [0.29, 0.717) is 31.1 Å². The second kappa shape index (κ2) is 9.03. The number of methoxy groups -OCH3 is 1. The average Bonchev–Trinajstić information content (AvgIpc) is 3.37. The number of fused-ring (bicyclic) bond motifs is 1. The summed E-state index contributed by atoms with van der Waals surface area (Å²) < 4.78 is 15.2. The molecule has 0 radical (unpaired) electrons. The van der Waals surface area contributed by atoms with Crippen LogP contribution in [0.25, 0.3) is 16.9 Å². The molecule has 0 N–H and O–H groups in total. The number of rotatable bonds is 5. The molecule has 3 aromatic heterocycles. The standard InChI is InChI=1S/C24H32N6O2/c1-17(18-6-10-28(2)11-7-18)29-16-20(15-26-29)30-22-9-13-32-12-8-21(22)24(27-30)19-4-5-23(31-3)25-14-19/h4-5,14-18H,6-13H2,1-3H3/t17-/m0/s1. The van der Waals surface area contributed by atoms with Gasteiger partial charge in [0.2, 0.25) is 5.88 Å². The van der Waals surface area contributed by atoms with Gasteiger partial charge in [-0.3, -0.25) is 4.68 Å². The summed E-state index contributed by atoms with van der Waals surface area (Å²) in [6.07, 6.45) is 10.0. The Balaban J connectivity index is 1.48. The summed E-state index contributed by atoms with van der Waals surface area (Å²) in [5.41, 5.74) is 5.42. The number of likely N-dealkylation sites (tertiary alicyclic amines) is 1. The highest BCUT2D eigenvalue weighted by Gasteiger charge is 2.26. The van der Waals surface area contributed by atoms with Gasteiger partial charge >= 0.3 is 0 Å². The lowest BCUT2D eigenvalue weighted by atomic mass is 9.91. The first-order valence-electron chi connectivity index (χ1n) is 11.6. The van der Waals surface area contributed by atoms with Crippen molar-refractivity contribution in [2.45, 2.75) is 38.6 Å². The van der Waals surface area contributed by atoms with Crippen LogP contribution in [0.5, 0.6) is 5.88 Å². The van der Waals surface area contributed by atoms with E-state index in [1.807, 2.05) is 24.5 Å². The molecule has 1 fully saturated rings. The highest BCUT2D eigenvalue weighted by Crippen LogP contribution is 2.32. The average molecular weight is 437 g/mol. The van der Waals surface area contributed by atoms with Crippen LogP contribution in [0.1, 0.15) is 37.1 Å². The first kappa shape index (κ1) is 21.2. The van der Waals surface area contributed by atoms with Gasteiger partial charge in [0.1, 0.15) is 5.69 Å². The summed E-state index contributed by atoms with van der Waals surface area (Å²) in [6, 6.07) is 4.28. The maximum atomic E-state index is 5.78. The van der Waals surface area contributed by atoms with Crippen molar-refractivity contribution in [1.82, 2.24) is 29.4 Å². The highest BCUT2D eigenvalue weighted by molar-refractivity contribution is 5.64. The van der Waals surface area contributed by atoms with E-state index in [4.69, 9.17) is 19.7 Å². The summed E-state index contributed by atoms with van der Waals surface area (Å²) in [4.78, 5) is 6.80. The molecular weight excluding hydrogens is 404 g/mol. The second-order valence-electron chi connectivity index (χ2n) is 8.95. The predicted molar refractivity (Wildman–Crippen MR) is 122 cm³/mol. The second-order valence-corrected chi connectivity index (χ2v) is 8.95. The van der Waals surface area contributed by atoms with Crippen molar-refractivity contribution in [3.63, 3.8) is 0 Å². The fourth-order valence-electron chi connectivity index (χ4n) is 4.92. The van der Waals surface area contributed by atoms with Crippen LogP contribution in [0.2, 0.25) is 0 Å². The molecule has 0 aromatic carbocycles. The molecular formula is C24H32N6O2. The molecule has 3 aromatic rings. The van der Waals surface area contributed by atoms with Gasteiger partial charge in [0.25, 0.3) is 0 Å². The molecule has 0 aliphatic carbocycles. The molecule has 5 rings (SSSR count). The SMILES string of the molecule is COc1ccc(-c2nn(-c3cnn([C@@H](C)C4CCN(C)CC4)c3)c3c2CCOCC3)cn1. The van der Waals surface area contributed by atoms with Crippen LogP contribution in [-0.4, -0.2) is 69.9 Å². The molecule has 8 heteroatoms. The van der Waals surface area contributed by atoms with Gasteiger partial charge in [-0.1, -0.05) is 0 Å². The van der Waals surface area contributed by atoms with Crippen molar-refractivity contribution in [3.05, 3.63) is 42.0 Å². The number of ether oxygens (including phenoxy) is 2. The first-order valence-corrected chi connectivity index (χ1v) is 11.6. The van der Waals surface area contributed by atoms with Crippen molar-refractivity contribution in [2.24, 2.45) is 5.92 Å². The van der Waals surface area contributed by atoms with Gasteiger partial charge in [0.05, 0.1) is 50.1 Å². The number of hydrogen-bond acceptors (Lipinski definition) is 6. The summed E-state index contributed by atoms with van der Waals surface area (Å²) >= 11 is 0. The number of hydrogen-bond donors (Lipinski definition) is 0. The molecule has 32 heavy (non-hydrogen) atoms. The number of piperidine rings is 1. The molecule has 1 atom stereocenters. The Bertz CT molecular complexity index is 1050. The Labute approximate surface area is 189 Å². The summed E-state index contributed by atoms with van der Waals surface area (Å²) in [5, 5.41) is 9.79. The lowest BCUT2D eigenvalue weighted by molar-refractivity contribution is 0.145. The molecule has 2 aliphatic heterocycles. The van der Waals surface area contributed by atoms with Gasteiger partial charge in [-0.15, -0.1) is 0 Å². The smallest absolute Gasteiger partial charge is 0.212 e. The molecule has 8 nitrogen and oxygen atoms in total. The molecule has 0 bridgehead atoms. The molecule has 0 unspecified atom stereocenters. The topological polar surface area (TPSA) is 70.2 Å². The zero-order valence-corrected chi connectivity index (χ0v) is 19.2. The minimum atomic E-state index is 0.375. The van der Waals surface area contributed by atoms with Crippen molar-refractivity contribution in [2.75, 3.05) is 40.5 Å². The van der Waals surface area contributed by atoms with Crippen LogP contribution in [0.4, 0.5) is 0 Å². The maximum absolute atomic E-state index is 5.78. The summed E-state index contributed by atoms with van der Waals surface area (Å²) in [5.74, 6) is 1.26. The zero-order valence-electron chi connectivity index (χ0n) is 19.2. The van der Waals surface area contributed by atoms with Crippen LogP contribution < -0.4 is 4.74 Å². The number of aromatic nitrogens is 5. The largest absolute Gasteiger partial charge is 0.481 e. The van der Waals surface area contributed by atoms with Crippen molar-refractivity contribution >= 4 is 0 Å². The van der Waals surface area contributed by atoms with Gasteiger partial charge in [0.15, 0.2) is 0 Å². The van der Waals surface area contributed by atoms with Gasteiger partial charge in [0, 0.05) is 29.8 Å². The fraction of sp³-hybridized carbons (Fsp3) is 0.542. The Hall–Kier alpha value is -2.71. The van der Waals surface area contributed by atoms with Crippen LogP contribution in [-0.2, 0) is 17.6 Å². The van der Waals surface area contributed by atoms with Crippen molar-refractivity contribution in [1.29, 1.82) is 0 Å². The highest BCUT2D eigenvalue weighted by atomic mass is 16.5. The van der Waals surface area contributed by atoms with Gasteiger partial charge in [-0.25, -0.2) is 9.67 Å². The van der Waals surface area contributed by atoms with E-state index >= 15 is 0 Å². The van der Waals surface area contributed by atoms with Gasteiger partial charge < -0.3 is 14.4 Å².